The van der Waals surface area contributed by atoms with E-state index >= 15 is 0 Å². The van der Waals surface area contributed by atoms with Gasteiger partial charge in [0.05, 0.1) is 12.3 Å². The molecule has 0 N–H and O–H groups in total. The van der Waals surface area contributed by atoms with E-state index in [-0.39, 0.29) is 18.4 Å². The summed E-state index contributed by atoms with van der Waals surface area (Å²) < 4.78 is 7.18. The molecule has 2 heterocycles. The summed E-state index contributed by atoms with van der Waals surface area (Å²) in [6.07, 6.45) is 1.69. The van der Waals surface area contributed by atoms with Crippen LogP contribution in [0, 0.1) is 0 Å². The molecule has 0 unspecified atom stereocenters. The number of hydrogen-bond acceptors (Lipinski definition) is 4. The largest absolute Gasteiger partial charge is 0.365 e. The fourth-order valence-electron chi connectivity index (χ4n) is 2.71. The van der Waals surface area contributed by atoms with Gasteiger partial charge in [0.1, 0.15) is 12.1 Å². The van der Waals surface area contributed by atoms with Crippen molar-refractivity contribution in [3.05, 3.63) is 18.0 Å². The zero-order valence-corrected chi connectivity index (χ0v) is 13.7. The van der Waals surface area contributed by atoms with Crippen molar-refractivity contribution in [2.45, 2.75) is 32.9 Å². The lowest BCUT2D eigenvalue weighted by Gasteiger charge is -2.45. The summed E-state index contributed by atoms with van der Waals surface area (Å²) in [4.78, 5) is 28.1. The lowest BCUT2D eigenvalue weighted by Crippen LogP contribution is -2.64. The number of piperazine rings is 1. The molecule has 1 aromatic rings. The van der Waals surface area contributed by atoms with E-state index in [0.29, 0.717) is 26.2 Å². The van der Waals surface area contributed by atoms with Crippen molar-refractivity contribution in [1.29, 1.82) is 0 Å². The number of carbonyl (C=O) groups excluding carboxylic acids is 2. The maximum atomic E-state index is 12.4. The molecule has 1 aromatic heterocycles. The lowest BCUT2D eigenvalue weighted by molar-refractivity contribution is -0.160. The molecular weight excluding hydrogens is 284 g/mol. The predicted molar refractivity (Wildman–Crippen MR) is 80.9 cm³/mol. The fourth-order valence-corrected chi connectivity index (χ4v) is 2.71. The van der Waals surface area contributed by atoms with Gasteiger partial charge in [0, 0.05) is 32.9 Å². The Kier molecular flexibility index (Phi) is 4.85. The molecule has 0 saturated carbocycles. The van der Waals surface area contributed by atoms with Crippen molar-refractivity contribution in [3.8, 4) is 0 Å². The third-order valence-electron chi connectivity index (χ3n) is 4.16. The zero-order chi connectivity index (χ0) is 16.3. The maximum absolute atomic E-state index is 12.4. The van der Waals surface area contributed by atoms with Gasteiger partial charge in [-0.25, -0.2) is 0 Å². The lowest BCUT2D eigenvalue weighted by atomic mass is 9.97. The normalized spacial score (nSPS) is 17.9. The quantitative estimate of drug-likeness (QED) is 0.790. The first kappa shape index (κ1) is 16.5. The van der Waals surface area contributed by atoms with E-state index < -0.39 is 5.54 Å². The van der Waals surface area contributed by atoms with Gasteiger partial charge in [-0.1, -0.05) is 0 Å². The first-order valence-corrected chi connectivity index (χ1v) is 7.52. The number of rotatable bonds is 5. The fraction of sp³-hybridized carbons (Fsp3) is 0.667. The van der Waals surface area contributed by atoms with Crippen LogP contribution in [0.2, 0.25) is 0 Å². The summed E-state index contributed by atoms with van der Waals surface area (Å²) in [5.41, 5.74) is 0.0836. The van der Waals surface area contributed by atoms with Gasteiger partial charge in [0.25, 0.3) is 0 Å². The van der Waals surface area contributed by atoms with E-state index in [0.717, 1.165) is 5.69 Å². The van der Waals surface area contributed by atoms with Crippen molar-refractivity contribution in [3.63, 3.8) is 0 Å². The average molecular weight is 308 g/mol. The topological polar surface area (TPSA) is 67.7 Å². The minimum absolute atomic E-state index is 0.0127. The van der Waals surface area contributed by atoms with Gasteiger partial charge in [0.2, 0.25) is 11.8 Å². The molecule has 7 nitrogen and oxygen atoms in total. The van der Waals surface area contributed by atoms with Crippen molar-refractivity contribution in [2.75, 3.05) is 26.2 Å². The molecule has 0 bridgehead atoms. The van der Waals surface area contributed by atoms with E-state index in [1.165, 1.54) is 0 Å². The van der Waals surface area contributed by atoms with E-state index in [9.17, 15) is 9.59 Å². The average Bonchev–Trinajstić information content (AvgIpc) is 2.87. The second-order valence-corrected chi connectivity index (χ2v) is 5.93. The number of hydrogen-bond donors (Lipinski definition) is 0. The Labute approximate surface area is 130 Å². The molecule has 0 aliphatic carbocycles. The van der Waals surface area contributed by atoms with Gasteiger partial charge < -0.3 is 14.5 Å². The standard InChI is InChI=1S/C15H24N4O3/c1-5-18-8-9-19(15(2,3)14(18)21)13(20)11-22-10-12-6-7-16-17(12)4/h6-7H,5,8-11H2,1-4H3. The van der Waals surface area contributed by atoms with Gasteiger partial charge in [-0.2, -0.15) is 5.10 Å². The van der Waals surface area contributed by atoms with Crippen LogP contribution in [0.25, 0.3) is 0 Å². The van der Waals surface area contributed by atoms with E-state index in [4.69, 9.17) is 4.74 Å². The Hall–Kier alpha value is -1.89. The molecule has 7 heteroatoms. The number of ether oxygens (including phenoxy) is 1. The first-order chi connectivity index (χ1) is 10.4. The van der Waals surface area contributed by atoms with Crippen LogP contribution in [-0.4, -0.2) is 63.2 Å². The van der Waals surface area contributed by atoms with Crippen LogP contribution in [0.3, 0.4) is 0 Å². The molecule has 2 amide bonds. The van der Waals surface area contributed by atoms with Crippen LogP contribution in [0.5, 0.6) is 0 Å². The summed E-state index contributed by atoms with van der Waals surface area (Å²) in [5.74, 6) is -0.169. The van der Waals surface area contributed by atoms with Crippen LogP contribution >= 0.6 is 0 Å². The Morgan fingerprint density at radius 3 is 2.73 bits per heavy atom. The molecule has 122 valence electrons. The number of carbonyl (C=O) groups is 2. The van der Waals surface area contributed by atoms with Crippen molar-refractivity contribution in [2.24, 2.45) is 7.05 Å². The summed E-state index contributed by atoms with van der Waals surface area (Å²) in [6.45, 7) is 7.60. The Morgan fingerprint density at radius 1 is 1.41 bits per heavy atom. The number of amides is 2. The molecule has 22 heavy (non-hydrogen) atoms. The minimum Gasteiger partial charge on any atom is -0.365 e. The molecule has 2 rings (SSSR count). The van der Waals surface area contributed by atoms with Crippen LogP contribution < -0.4 is 0 Å². The number of likely N-dealkylation sites (N-methyl/N-ethyl adjacent to an activating group) is 1. The second kappa shape index (κ2) is 6.48. The predicted octanol–water partition coefficient (Wildman–Crippen LogP) is 0.406. The molecule has 1 aliphatic heterocycles. The smallest absolute Gasteiger partial charge is 0.249 e. The number of aryl methyl sites for hydroxylation is 1. The molecule has 0 atom stereocenters. The Morgan fingerprint density at radius 2 is 2.14 bits per heavy atom. The molecule has 1 aliphatic rings. The molecular formula is C15H24N4O3. The van der Waals surface area contributed by atoms with Crippen molar-refractivity contribution >= 4 is 11.8 Å². The van der Waals surface area contributed by atoms with Crippen molar-refractivity contribution < 1.29 is 14.3 Å². The van der Waals surface area contributed by atoms with E-state index in [1.807, 2.05) is 20.0 Å². The molecule has 0 aromatic carbocycles. The Bertz CT molecular complexity index is 553. The number of aromatic nitrogens is 2. The van der Waals surface area contributed by atoms with Gasteiger partial charge in [0.15, 0.2) is 0 Å². The highest BCUT2D eigenvalue weighted by Gasteiger charge is 2.43. The van der Waals surface area contributed by atoms with Crippen LogP contribution in [0.15, 0.2) is 12.3 Å². The van der Waals surface area contributed by atoms with Gasteiger partial charge in [-0.3, -0.25) is 14.3 Å². The second-order valence-electron chi connectivity index (χ2n) is 5.93. The highest BCUT2D eigenvalue weighted by molar-refractivity contribution is 5.92. The van der Waals surface area contributed by atoms with Gasteiger partial charge in [-0.15, -0.1) is 0 Å². The van der Waals surface area contributed by atoms with E-state index in [2.05, 4.69) is 5.10 Å². The minimum atomic E-state index is -0.818. The zero-order valence-electron chi connectivity index (χ0n) is 13.7. The highest BCUT2D eigenvalue weighted by atomic mass is 16.5. The summed E-state index contributed by atoms with van der Waals surface area (Å²) >= 11 is 0. The molecule has 1 saturated heterocycles. The SMILES string of the molecule is CCN1CCN(C(=O)COCc2ccnn2C)C(C)(C)C1=O. The number of nitrogens with zero attached hydrogens (tertiary/aromatic N) is 4. The molecule has 0 spiro atoms. The van der Waals surface area contributed by atoms with Gasteiger partial charge in [-0.05, 0) is 26.8 Å². The van der Waals surface area contributed by atoms with E-state index in [1.54, 1.807) is 34.5 Å². The maximum Gasteiger partial charge on any atom is 0.249 e. The summed E-state index contributed by atoms with van der Waals surface area (Å²) in [6, 6.07) is 1.85. The van der Waals surface area contributed by atoms with Crippen molar-refractivity contribution in [1.82, 2.24) is 19.6 Å². The molecule has 1 fully saturated rings. The summed E-state index contributed by atoms with van der Waals surface area (Å²) in [7, 11) is 1.83. The van der Waals surface area contributed by atoms with Crippen LogP contribution in [-0.2, 0) is 28.0 Å². The van der Waals surface area contributed by atoms with Crippen LogP contribution in [0.1, 0.15) is 26.5 Å². The van der Waals surface area contributed by atoms with Crippen LogP contribution in [0.4, 0.5) is 0 Å². The van der Waals surface area contributed by atoms with Gasteiger partial charge >= 0.3 is 0 Å². The monoisotopic (exact) mass is 308 g/mol. The first-order valence-electron chi connectivity index (χ1n) is 7.52. The third-order valence-corrected chi connectivity index (χ3v) is 4.16. The Balaban J connectivity index is 1.92. The molecule has 0 radical (unpaired) electrons. The highest BCUT2D eigenvalue weighted by Crippen LogP contribution is 2.22. The third kappa shape index (κ3) is 3.14. The summed E-state index contributed by atoms with van der Waals surface area (Å²) in [5, 5.41) is 4.05.